The first kappa shape index (κ1) is 34.7. The highest BCUT2D eigenvalue weighted by Crippen LogP contribution is 2.30. The Morgan fingerprint density at radius 3 is 1.53 bits per heavy atom. The minimum Gasteiger partial charge on any atom is -0.478 e. The largest absolute Gasteiger partial charge is 0.478 e. The van der Waals surface area contributed by atoms with E-state index >= 15 is 0 Å². The molecule has 1 saturated heterocycles. The van der Waals surface area contributed by atoms with Gasteiger partial charge in [-0.3, -0.25) is 0 Å². The lowest BCUT2D eigenvalue weighted by Crippen LogP contribution is -2.20. The number of carbonyl (C=O) groups excluding carboxylic acids is 2. The van der Waals surface area contributed by atoms with E-state index in [0.717, 1.165) is 32.3 Å². The SMILES string of the molecule is C=CC=C.O=C(O)c1ccc2ccccc2c1.O=C(OC[C@H]1C[C@H](OC(=O)c2ccc3ccccc3c2)CS1)c1ccc2ccccc2c1. The number of benzene rings is 6. The molecular weight excluding hydrogens is 633 g/mol. The number of fused-ring (bicyclic) bond motifs is 3. The Balaban J connectivity index is 0.000000227. The van der Waals surface area contributed by atoms with Crippen LogP contribution in [0, 0.1) is 0 Å². The van der Waals surface area contributed by atoms with Crippen LogP contribution in [0.4, 0.5) is 0 Å². The van der Waals surface area contributed by atoms with Gasteiger partial charge in [0.05, 0.1) is 16.7 Å². The second-order valence-corrected chi connectivity index (χ2v) is 12.6. The molecule has 0 aliphatic carbocycles. The highest BCUT2D eigenvalue weighted by molar-refractivity contribution is 8.00. The van der Waals surface area contributed by atoms with E-state index in [4.69, 9.17) is 14.6 Å². The average Bonchev–Trinajstić information content (AvgIpc) is 3.60. The first-order valence-electron chi connectivity index (χ1n) is 15.8. The molecule has 1 heterocycles. The molecular formula is C42H36O6S. The van der Waals surface area contributed by atoms with Gasteiger partial charge in [-0.15, -0.1) is 0 Å². The summed E-state index contributed by atoms with van der Waals surface area (Å²) >= 11 is 1.68. The monoisotopic (exact) mass is 668 g/mol. The topological polar surface area (TPSA) is 89.9 Å². The van der Waals surface area contributed by atoms with E-state index in [1.165, 1.54) is 0 Å². The number of thioether (sulfide) groups is 1. The van der Waals surface area contributed by atoms with Crippen molar-refractivity contribution in [1.82, 2.24) is 0 Å². The van der Waals surface area contributed by atoms with Gasteiger partial charge < -0.3 is 14.6 Å². The van der Waals surface area contributed by atoms with Crippen LogP contribution in [0.5, 0.6) is 0 Å². The normalized spacial score (nSPS) is 14.9. The molecule has 0 aromatic heterocycles. The van der Waals surface area contributed by atoms with Crippen LogP contribution < -0.4 is 0 Å². The van der Waals surface area contributed by atoms with Crippen LogP contribution in [-0.4, -0.2) is 46.7 Å². The summed E-state index contributed by atoms with van der Waals surface area (Å²) < 4.78 is 11.3. The summed E-state index contributed by atoms with van der Waals surface area (Å²) in [4.78, 5) is 35.7. The minimum absolute atomic E-state index is 0.119. The van der Waals surface area contributed by atoms with Crippen molar-refractivity contribution in [2.24, 2.45) is 0 Å². The fraction of sp³-hybridized carbons (Fsp3) is 0.119. The lowest BCUT2D eigenvalue weighted by Gasteiger charge is -2.13. The smallest absolute Gasteiger partial charge is 0.338 e. The van der Waals surface area contributed by atoms with Crippen molar-refractivity contribution in [3.05, 3.63) is 169 Å². The zero-order valence-electron chi connectivity index (χ0n) is 26.9. The standard InChI is InChI=1S/C27H22O4S.C11H8O2.C4H6/c28-26(22-11-9-18-5-1-3-7-20(18)13-22)30-16-25-15-24(17-32-25)31-27(29)23-12-10-19-6-2-4-8-21(19)14-23;12-11(13)10-6-5-8-3-1-2-4-9(8)7-10;1-3-4-2/h1-14,24-25H,15-17H2;1-7H,(H,12,13);3-4H,1-2H2/t24-,25+;;/m0../s1. The van der Waals surface area contributed by atoms with E-state index in [2.05, 4.69) is 13.2 Å². The summed E-state index contributed by atoms with van der Waals surface area (Å²) in [6, 6.07) is 39.8. The van der Waals surface area contributed by atoms with Gasteiger partial charge in [0.2, 0.25) is 0 Å². The lowest BCUT2D eigenvalue weighted by molar-refractivity contribution is 0.0317. The van der Waals surface area contributed by atoms with Crippen LogP contribution in [0.3, 0.4) is 0 Å². The average molecular weight is 669 g/mol. The number of carboxylic acid groups (broad SMARTS) is 1. The van der Waals surface area contributed by atoms with Crippen molar-refractivity contribution in [3.63, 3.8) is 0 Å². The summed E-state index contributed by atoms with van der Waals surface area (Å²) in [6.07, 6.45) is 3.78. The number of hydrogen-bond donors (Lipinski definition) is 1. The predicted octanol–water partition coefficient (Wildman–Crippen LogP) is 9.78. The molecule has 2 atom stereocenters. The summed E-state index contributed by atoms with van der Waals surface area (Å²) in [7, 11) is 0. The van der Waals surface area contributed by atoms with E-state index in [1.54, 1.807) is 48.2 Å². The Kier molecular flexibility index (Phi) is 12.0. The summed E-state index contributed by atoms with van der Waals surface area (Å²) in [5, 5.41) is 15.1. The zero-order valence-corrected chi connectivity index (χ0v) is 27.7. The number of carbonyl (C=O) groups is 3. The highest BCUT2D eigenvalue weighted by atomic mass is 32.2. The predicted molar refractivity (Wildman–Crippen MR) is 200 cm³/mol. The van der Waals surface area contributed by atoms with Gasteiger partial charge in [0.15, 0.2) is 0 Å². The third-order valence-electron chi connectivity index (χ3n) is 7.85. The van der Waals surface area contributed by atoms with Crippen LogP contribution in [0.2, 0.25) is 0 Å². The van der Waals surface area contributed by atoms with Crippen molar-refractivity contribution in [2.75, 3.05) is 12.4 Å². The van der Waals surface area contributed by atoms with Crippen molar-refractivity contribution in [2.45, 2.75) is 17.8 Å². The molecule has 1 N–H and O–H groups in total. The zero-order chi connectivity index (χ0) is 34.6. The lowest BCUT2D eigenvalue weighted by atomic mass is 10.1. The summed E-state index contributed by atoms with van der Waals surface area (Å²) in [6.45, 7) is 7.03. The molecule has 0 spiro atoms. The van der Waals surface area contributed by atoms with Gasteiger partial charge >= 0.3 is 17.9 Å². The Morgan fingerprint density at radius 2 is 1.06 bits per heavy atom. The molecule has 0 radical (unpaired) electrons. The Labute approximate surface area is 289 Å². The molecule has 0 unspecified atom stereocenters. The first-order chi connectivity index (χ1) is 23.8. The maximum atomic E-state index is 12.6. The first-order valence-corrected chi connectivity index (χ1v) is 16.8. The molecule has 6 nitrogen and oxygen atoms in total. The van der Waals surface area contributed by atoms with Gasteiger partial charge in [-0.1, -0.05) is 116 Å². The fourth-order valence-electron chi connectivity index (χ4n) is 5.30. The van der Waals surface area contributed by atoms with Gasteiger partial charge in [0.1, 0.15) is 12.7 Å². The number of ether oxygens (including phenoxy) is 2. The minimum atomic E-state index is -0.884. The van der Waals surface area contributed by atoms with Crippen LogP contribution in [0.1, 0.15) is 37.5 Å². The van der Waals surface area contributed by atoms with Crippen molar-refractivity contribution in [3.8, 4) is 0 Å². The van der Waals surface area contributed by atoms with Crippen molar-refractivity contribution in [1.29, 1.82) is 0 Å². The molecule has 7 heteroatoms. The van der Waals surface area contributed by atoms with Crippen LogP contribution in [-0.2, 0) is 9.47 Å². The molecule has 6 aromatic rings. The molecule has 0 saturated carbocycles. The second-order valence-electron chi connectivity index (χ2n) is 11.3. The van der Waals surface area contributed by atoms with Gasteiger partial charge in [0, 0.05) is 17.4 Å². The number of allylic oxidation sites excluding steroid dienone is 2. The molecule has 1 aliphatic rings. The maximum Gasteiger partial charge on any atom is 0.338 e. The fourth-order valence-corrected chi connectivity index (χ4v) is 6.50. The third kappa shape index (κ3) is 9.46. The van der Waals surface area contributed by atoms with Gasteiger partial charge in [-0.2, -0.15) is 11.8 Å². The Hall–Kier alpha value is -5.66. The molecule has 7 rings (SSSR count). The van der Waals surface area contributed by atoms with Crippen molar-refractivity contribution >= 4 is 62.0 Å². The van der Waals surface area contributed by atoms with Gasteiger partial charge in [-0.25, -0.2) is 14.4 Å². The molecule has 6 aromatic carbocycles. The molecule has 1 aliphatic heterocycles. The number of esters is 2. The van der Waals surface area contributed by atoms with E-state index in [9.17, 15) is 14.4 Å². The van der Waals surface area contributed by atoms with Crippen LogP contribution >= 0.6 is 11.8 Å². The number of rotatable bonds is 7. The number of hydrogen-bond acceptors (Lipinski definition) is 6. The Bertz CT molecular complexity index is 2110. The maximum absolute atomic E-state index is 12.6. The van der Waals surface area contributed by atoms with Crippen LogP contribution in [0.15, 0.2) is 153 Å². The number of aromatic carboxylic acids is 1. The molecule has 246 valence electrons. The van der Waals surface area contributed by atoms with E-state index < -0.39 is 5.97 Å². The van der Waals surface area contributed by atoms with Crippen molar-refractivity contribution < 1.29 is 29.0 Å². The molecule has 0 amide bonds. The highest BCUT2D eigenvalue weighted by Gasteiger charge is 2.29. The van der Waals surface area contributed by atoms with E-state index in [-0.39, 0.29) is 23.3 Å². The molecule has 1 fully saturated rings. The molecule has 0 bridgehead atoms. The quantitative estimate of drug-likeness (QED) is 0.134. The van der Waals surface area contributed by atoms with E-state index in [1.807, 2.05) is 103 Å². The second kappa shape index (κ2) is 16.9. The Morgan fingerprint density at radius 1 is 0.633 bits per heavy atom. The summed E-state index contributed by atoms with van der Waals surface area (Å²) in [5.74, 6) is -0.814. The molecule has 49 heavy (non-hydrogen) atoms. The van der Waals surface area contributed by atoms with Gasteiger partial charge in [-0.05, 0) is 68.7 Å². The van der Waals surface area contributed by atoms with E-state index in [0.29, 0.717) is 35.5 Å². The summed E-state index contributed by atoms with van der Waals surface area (Å²) in [5.41, 5.74) is 1.43. The van der Waals surface area contributed by atoms with Gasteiger partial charge in [0.25, 0.3) is 0 Å². The third-order valence-corrected chi connectivity index (χ3v) is 9.22. The van der Waals surface area contributed by atoms with Crippen LogP contribution in [0.25, 0.3) is 32.3 Å². The number of carboxylic acids is 1.